The first-order valence-electron chi connectivity index (χ1n) is 13.1. The van der Waals surface area contributed by atoms with E-state index in [0.717, 1.165) is 9.80 Å². The highest BCUT2D eigenvalue weighted by Gasteiger charge is 2.75. The predicted octanol–water partition coefficient (Wildman–Crippen LogP) is 5.66. The lowest BCUT2D eigenvalue weighted by Gasteiger charge is -2.36. The Bertz CT molecular complexity index is 1780. The monoisotopic (exact) mass is 689 g/mol. The Morgan fingerprint density at radius 3 is 2.36 bits per heavy atom. The van der Waals surface area contributed by atoms with Gasteiger partial charge in [0.05, 0.1) is 23.2 Å². The zero-order chi connectivity index (χ0) is 31.9. The van der Waals surface area contributed by atoms with Gasteiger partial charge >= 0.3 is 11.8 Å². The molecule has 0 radical (unpaired) electrons. The van der Waals surface area contributed by atoms with Crippen LogP contribution in [0.1, 0.15) is 23.5 Å². The molecule has 4 heterocycles. The number of rotatable bonds is 5. The Labute approximate surface area is 267 Å². The molecule has 16 heteroatoms. The summed E-state index contributed by atoms with van der Waals surface area (Å²) in [6.07, 6.45) is -0.842. The fourth-order valence-corrected chi connectivity index (χ4v) is 7.64. The Kier molecular flexibility index (Phi) is 7.52. The van der Waals surface area contributed by atoms with E-state index in [4.69, 9.17) is 60.0 Å². The number of fused-ring (bicyclic) bond motifs is 4. The number of halogens is 6. The number of amides is 2. The third kappa shape index (κ3) is 4.78. The van der Waals surface area contributed by atoms with Crippen molar-refractivity contribution in [2.24, 2.45) is 11.8 Å². The number of esters is 1. The van der Waals surface area contributed by atoms with E-state index in [1.54, 1.807) is 0 Å². The second-order valence-electron chi connectivity index (χ2n) is 10.9. The summed E-state index contributed by atoms with van der Waals surface area (Å²) in [6, 6.07) is 5.70. The SMILES string of the molecule is Cc1oc(=O)oc1COC(=O)[C@H]1[C@@H](C(=O)N(C)c2cc(Cl)cc(Cl)c2)[C@H]2CC(F)(F)CN2C12C(=O)Nc1c(Cl)cc(Cl)cc12. The van der Waals surface area contributed by atoms with Crippen LogP contribution < -0.4 is 16.0 Å². The zero-order valence-corrected chi connectivity index (χ0v) is 25.8. The predicted molar refractivity (Wildman–Crippen MR) is 155 cm³/mol. The number of carbonyl (C=O) groups excluding carboxylic acids is 3. The molecule has 6 rings (SSSR count). The number of aryl methyl sites for hydroxylation is 1. The van der Waals surface area contributed by atoms with Gasteiger partial charge in [0.15, 0.2) is 18.1 Å². The lowest BCUT2D eigenvalue weighted by Crippen LogP contribution is -2.54. The number of hydrogen-bond acceptors (Lipinski definition) is 8. The van der Waals surface area contributed by atoms with Crippen molar-refractivity contribution < 1.29 is 36.7 Å². The highest BCUT2D eigenvalue weighted by molar-refractivity contribution is 6.38. The van der Waals surface area contributed by atoms with Crippen LogP contribution >= 0.6 is 46.4 Å². The molecule has 1 spiro atoms. The maximum absolute atomic E-state index is 15.2. The molecule has 0 aliphatic carbocycles. The number of alkyl halides is 2. The Morgan fingerprint density at radius 1 is 1.07 bits per heavy atom. The van der Waals surface area contributed by atoms with Crippen LogP contribution in [0, 0.1) is 18.8 Å². The standard InChI is InChI=1S/C28H21Cl4F2N3O7/c1-11-19(44-26(41)43-11)9-42-24(39)21-20(23(38)36(2)15-4-12(29)3-13(30)5-15)18-8-27(33,34)10-37(18)28(21)16-6-14(31)7-17(32)22(16)35-25(28)40/h3-7,18,20-21H,8-10H2,1-2H3,(H,35,40)/t18-,20+,21-,28?/m1/s1. The molecule has 0 saturated carbocycles. The molecule has 4 atom stereocenters. The number of hydrogen-bond donors (Lipinski definition) is 1. The molecule has 232 valence electrons. The van der Waals surface area contributed by atoms with E-state index < -0.39 is 72.5 Å². The Hall–Kier alpha value is -3.16. The summed E-state index contributed by atoms with van der Waals surface area (Å²) in [5, 5.41) is 3.08. The normalized spacial score (nSPS) is 25.2. The van der Waals surface area contributed by atoms with Gasteiger partial charge in [-0.1, -0.05) is 46.4 Å². The lowest BCUT2D eigenvalue weighted by atomic mass is 9.73. The van der Waals surface area contributed by atoms with Gasteiger partial charge in [0, 0.05) is 45.8 Å². The van der Waals surface area contributed by atoms with E-state index in [1.165, 1.54) is 44.3 Å². The van der Waals surface area contributed by atoms with E-state index >= 15 is 8.78 Å². The molecule has 44 heavy (non-hydrogen) atoms. The van der Waals surface area contributed by atoms with Crippen LogP contribution in [0.3, 0.4) is 0 Å². The molecule has 2 aromatic carbocycles. The van der Waals surface area contributed by atoms with Crippen LogP contribution in [-0.2, 0) is 31.3 Å². The third-order valence-electron chi connectivity index (χ3n) is 8.32. The molecule has 2 saturated heterocycles. The van der Waals surface area contributed by atoms with Gasteiger partial charge < -0.3 is 23.8 Å². The van der Waals surface area contributed by atoms with Crippen molar-refractivity contribution >= 4 is 75.6 Å². The highest BCUT2D eigenvalue weighted by Crippen LogP contribution is 2.61. The van der Waals surface area contributed by atoms with Gasteiger partial charge in [-0.2, -0.15) is 0 Å². The van der Waals surface area contributed by atoms with Crippen molar-refractivity contribution in [1.29, 1.82) is 0 Å². The van der Waals surface area contributed by atoms with Crippen LogP contribution in [0.2, 0.25) is 20.1 Å². The van der Waals surface area contributed by atoms with E-state index in [-0.39, 0.29) is 48.5 Å². The number of benzene rings is 2. The maximum atomic E-state index is 15.2. The van der Waals surface area contributed by atoms with Gasteiger partial charge in [0.2, 0.25) is 5.91 Å². The summed E-state index contributed by atoms with van der Waals surface area (Å²) < 4.78 is 45.7. The molecular weight excluding hydrogens is 670 g/mol. The van der Waals surface area contributed by atoms with Gasteiger partial charge in [-0.25, -0.2) is 13.6 Å². The van der Waals surface area contributed by atoms with Crippen LogP contribution in [0.5, 0.6) is 0 Å². The summed E-state index contributed by atoms with van der Waals surface area (Å²) in [7, 11) is 1.37. The average molecular weight is 691 g/mol. The molecule has 2 amide bonds. The topological polar surface area (TPSA) is 122 Å². The van der Waals surface area contributed by atoms with E-state index in [0.29, 0.717) is 0 Å². The van der Waals surface area contributed by atoms with E-state index in [9.17, 15) is 19.2 Å². The van der Waals surface area contributed by atoms with Crippen molar-refractivity contribution in [2.75, 3.05) is 23.8 Å². The molecule has 0 bridgehead atoms. The third-order valence-corrected chi connectivity index (χ3v) is 9.28. The fraction of sp³-hybridized carbons (Fsp3) is 0.357. The molecule has 3 aromatic rings. The molecule has 10 nitrogen and oxygen atoms in total. The van der Waals surface area contributed by atoms with Gasteiger partial charge in [-0.05, 0) is 37.3 Å². The first-order chi connectivity index (χ1) is 20.6. The largest absolute Gasteiger partial charge is 0.519 e. The smallest absolute Gasteiger partial charge is 0.457 e. The summed E-state index contributed by atoms with van der Waals surface area (Å²) >= 11 is 25.1. The van der Waals surface area contributed by atoms with Crippen LogP contribution in [0.4, 0.5) is 20.2 Å². The number of anilines is 2. The minimum atomic E-state index is -3.33. The molecule has 1 unspecified atom stereocenters. The summed E-state index contributed by atoms with van der Waals surface area (Å²) in [6.45, 7) is -0.148. The second-order valence-corrected chi connectivity index (χ2v) is 12.6. The maximum Gasteiger partial charge on any atom is 0.519 e. The van der Waals surface area contributed by atoms with E-state index in [2.05, 4.69) is 5.32 Å². The lowest BCUT2D eigenvalue weighted by molar-refractivity contribution is -0.160. The van der Waals surface area contributed by atoms with Gasteiger partial charge in [-0.3, -0.25) is 19.3 Å². The van der Waals surface area contributed by atoms with Gasteiger partial charge in [0.25, 0.3) is 11.8 Å². The first-order valence-corrected chi connectivity index (χ1v) is 14.6. The number of carbonyl (C=O) groups is 3. The molecule has 1 aromatic heterocycles. The van der Waals surface area contributed by atoms with Crippen molar-refractivity contribution in [3.8, 4) is 0 Å². The van der Waals surface area contributed by atoms with Crippen LogP contribution in [0.15, 0.2) is 44.0 Å². The minimum absolute atomic E-state index is 0.00334. The summed E-state index contributed by atoms with van der Waals surface area (Å²) in [4.78, 5) is 56.4. The first kappa shape index (κ1) is 30.8. The highest BCUT2D eigenvalue weighted by atomic mass is 35.5. The Balaban J connectivity index is 1.53. The molecule has 3 aliphatic heterocycles. The quantitative estimate of drug-likeness (QED) is 0.340. The molecule has 3 aliphatic rings. The Morgan fingerprint density at radius 2 is 1.73 bits per heavy atom. The number of nitrogens with one attached hydrogen (secondary N) is 1. The average Bonchev–Trinajstić information content (AvgIpc) is 3.60. The van der Waals surface area contributed by atoms with Crippen molar-refractivity contribution in [3.05, 3.63) is 78.1 Å². The van der Waals surface area contributed by atoms with Crippen LogP contribution in [0.25, 0.3) is 0 Å². The van der Waals surface area contributed by atoms with Crippen LogP contribution in [-0.4, -0.2) is 48.2 Å². The van der Waals surface area contributed by atoms with Gasteiger partial charge in [0.1, 0.15) is 11.5 Å². The van der Waals surface area contributed by atoms with Crippen molar-refractivity contribution in [1.82, 2.24) is 4.90 Å². The molecule has 2 fully saturated rings. The summed E-state index contributed by atoms with van der Waals surface area (Å²) in [5.74, 6) is -10.4. The van der Waals surface area contributed by atoms with Gasteiger partial charge in [-0.15, -0.1) is 0 Å². The zero-order valence-electron chi connectivity index (χ0n) is 22.8. The summed E-state index contributed by atoms with van der Waals surface area (Å²) in [5.41, 5.74) is -1.85. The van der Waals surface area contributed by atoms with Crippen molar-refractivity contribution in [3.63, 3.8) is 0 Å². The van der Waals surface area contributed by atoms with E-state index in [1.807, 2.05) is 0 Å². The minimum Gasteiger partial charge on any atom is -0.457 e. The molecular formula is C28H21Cl4F2N3O7. The second kappa shape index (κ2) is 10.7. The number of ether oxygens (including phenoxy) is 1. The number of nitrogens with zero attached hydrogens (tertiary/aromatic N) is 2. The molecule has 1 N–H and O–H groups in total. The van der Waals surface area contributed by atoms with Crippen molar-refractivity contribution in [2.45, 2.75) is 37.5 Å². The fourth-order valence-electron chi connectivity index (χ4n) is 6.58.